The molecule has 0 saturated heterocycles. The van der Waals surface area contributed by atoms with Gasteiger partial charge < -0.3 is 9.64 Å². The van der Waals surface area contributed by atoms with Crippen molar-refractivity contribution in [1.29, 1.82) is 0 Å². The number of halogens is 1. The first-order chi connectivity index (χ1) is 20.8. The number of hydrogen-bond donors (Lipinski definition) is 0. The zero-order valence-electron chi connectivity index (χ0n) is 24.1. The molecule has 10 heteroatoms. The Kier molecular flexibility index (Phi) is 6.61. The molecule has 7 rings (SSSR count). The summed E-state index contributed by atoms with van der Waals surface area (Å²) in [6, 6.07) is 13.8. The van der Waals surface area contributed by atoms with E-state index in [0.29, 0.717) is 46.0 Å². The highest BCUT2D eigenvalue weighted by Crippen LogP contribution is 2.48. The van der Waals surface area contributed by atoms with Crippen LogP contribution in [0.3, 0.4) is 0 Å². The van der Waals surface area contributed by atoms with Gasteiger partial charge in [-0.3, -0.25) is 9.78 Å². The second-order valence-electron chi connectivity index (χ2n) is 11.5. The van der Waals surface area contributed by atoms with E-state index in [9.17, 15) is 9.59 Å². The van der Waals surface area contributed by atoms with Crippen LogP contribution in [0.4, 0.5) is 4.39 Å². The van der Waals surface area contributed by atoms with Gasteiger partial charge in [-0.15, -0.1) is 11.3 Å². The van der Waals surface area contributed by atoms with E-state index in [1.54, 1.807) is 53.1 Å². The van der Waals surface area contributed by atoms with Crippen molar-refractivity contribution in [3.8, 4) is 22.5 Å². The van der Waals surface area contributed by atoms with Crippen LogP contribution in [0.5, 0.6) is 0 Å². The van der Waals surface area contributed by atoms with Crippen molar-refractivity contribution in [2.24, 2.45) is 0 Å². The lowest BCUT2D eigenvalue weighted by Crippen LogP contribution is -2.38. The molecule has 8 nitrogen and oxygen atoms in total. The van der Waals surface area contributed by atoms with Gasteiger partial charge in [-0.05, 0) is 80.5 Å². The van der Waals surface area contributed by atoms with Crippen molar-refractivity contribution in [2.45, 2.75) is 51.5 Å². The van der Waals surface area contributed by atoms with E-state index < -0.39 is 11.8 Å². The monoisotopic (exact) mass is 595 g/mol. The predicted octanol–water partition coefficient (Wildman–Crippen LogP) is 6.65. The number of nitrogens with zero attached hydrogens (tertiary/aromatic N) is 5. The van der Waals surface area contributed by atoms with Crippen LogP contribution in [0.15, 0.2) is 60.1 Å². The number of rotatable bonds is 6. The summed E-state index contributed by atoms with van der Waals surface area (Å²) in [7, 11) is 0. The average Bonchev–Trinajstić information content (AvgIpc) is 3.38. The van der Waals surface area contributed by atoms with E-state index in [1.807, 2.05) is 11.0 Å². The van der Waals surface area contributed by atoms with Crippen LogP contribution in [0.1, 0.15) is 76.6 Å². The SMILES string of the molecule is CCOC(=O)c1ccc(-c2ccc(-c3cc4nc(C(=O)N5CCc6sccc6C5C)cc(C5(C)CC5)n4n3)c(F)c2)nc1. The summed E-state index contributed by atoms with van der Waals surface area (Å²) >= 11 is 1.74. The highest BCUT2D eigenvalue weighted by Gasteiger charge is 2.42. The minimum atomic E-state index is -0.457. The van der Waals surface area contributed by atoms with Crippen molar-refractivity contribution < 1.29 is 18.7 Å². The lowest BCUT2D eigenvalue weighted by molar-refractivity contribution is 0.0525. The van der Waals surface area contributed by atoms with Gasteiger partial charge in [0.2, 0.25) is 0 Å². The molecule has 1 aliphatic heterocycles. The molecule has 1 unspecified atom stereocenters. The molecule has 1 atom stereocenters. The smallest absolute Gasteiger partial charge is 0.339 e. The second-order valence-corrected chi connectivity index (χ2v) is 12.5. The van der Waals surface area contributed by atoms with Gasteiger partial charge >= 0.3 is 5.97 Å². The Hall–Kier alpha value is -4.44. The molecule has 2 aliphatic rings. The van der Waals surface area contributed by atoms with Crippen LogP contribution >= 0.6 is 11.3 Å². The van der Waals surface area contributed by atoms with Gasteiger partial charge in [0.25, 0.3) is 5.91 Å². The van der Waals surface area contributed by atoms with E-state index in [2.05, 4.69) is 30.3 Å². The summed E-state index contributed by atoms with van der Waals surface area (Å²) in [5, 5.41) is 6.86. The molecule has 5 aromatic rings. The Morgan fingerprint density at radius 1 is 1.12 bits per heavy atom. The number of aromatic nitrogens is 4. The van der Waals surface area contributed by atoms with E-state index in [4.69, 9.17) is 14.8 Å². The maximum absolute atomic E-state index is 15.6. The topological polar surface area (TPSA) is 89.7 Å². The summed E-state index contributed by atoms with van der Waals surface area (Å²) in [5.41, 5.74) is 5.11. The zero-order valence-corrected chi connectivity index (χ0v) is 24.9. The number of amides is 1. The summed E-state index contributed by atoms with van der Waals surface area (Å²) < 4.78 is 22.3. The number of fused-ring (bicyclic) bond motifs is 2. The van der Waals surface area contributed by atoms with Crippen LogP contribution in [0.25, 0.3) is 28.2 Å². The predicted molar refractivity (Wildman–Crippen MR) is 162 cm³/mol. The lowest BCUT2D eigenvalue weighted by Gasteiger charge is -2.33. The zero-order chi connectivity index (χ0) is 29.9. The summed E-state index contributed by atoms with van der Waals surface area (Å²) in [6.45, 7) is 6.89. The van der Waals surface area contributed by atoms with Crippen LogP contribution < -0.4 is 0 Å². The van der Waals surface area contributed by atoms with E-state index >= 15 is 4.39 Å². The van der Waals surface area contributed by atoms with Gasteiger partial charge in [0, 0.05) is 40.2 Å². The first kappa shape index (κ1) is 27.4. The first-order valence-corrected chi connectivity index (χ1v) is 15.4. The van der Waals surface area contributed by atoms with Crippen molar-refractivity contribution >= 4 is 28.9 Å². The third-order valence-electron chi connectivity index (χ3n) is 8.62. The number of carbonyl (C=O) groups is 2. The number of thiophene rings is 1. The van der Waals surface area contributed by atoms with Crippen molar-refractivity contribution in [3.63, 3.8) is 0 Å². The molecular formula is C33H30FN5O3S. The number of benzene rings is 1. The molecule has 218 valence electrons. The van der Waals surface area contributed by atoms with Gasteiger partial charge in [0.05, 0.1) is 35.3 Å². The van der Waals surface area contributed by atoms with Crippen molar-refractivity contribution in [2.75, 3.05) is 13.2 Å². The molecule has 5 heterocycles. The largest absolute Gasteiger partial charge is 0.462 e. The Balaban J connectivity index is 1.22. The summed E-state index contributed by atoms with van der Waals surface area (Å²) in [5.74, 6) is -1.01. The van der Waals surface area contributed by atoms with Crippen LogP contribution in [0.2, 0.25) is 0 Å². The molecule has 1 aliphatic carbocycles. The van der Waals surface area contributed by atoms with Gasteiger partial charge in [0.1, 0.15) is 11.5 Å². The molecule has 0 N–H and O–H groups in total. The van der Waals surface area contributed by atoms with E-state index in [1.165, 1.54) is 22.7 Å². The van der Waals surface area contributed by atoms with Gasteiger partial charge in [-0.2, -0.15) is 5.10 Å². The van der Waals surface area contributed by atoms with E-state index in [-0.39, 0.29) is 24.0 Å². The third-order valence-corrected chi connectivity index (χ3v) is 9.61. The molecule has 0 spiro atoms. The molecule has 4 aromatic heterocycles. The number of esters is 1. The maximum Gasteiger partial charge on any atom is 0.339 e. The normalized spacial score (nSPS) is 17.1. The molecule has 43 heavy (non-hydrogen) atoms. The maximum atomic E-state index is 15.6. The Bertz CT molecular complexity index is 1890. The number of carbonyl (C=O) groups excluding carboxylic acids is 2. The fourth-order valence-electron chi connectivity index (χ4n) is 5.81. The standard InChI is InChI=1S/C33H30FN5O3S/c1-4-42-32(41)21-6-8-25(35-18-21)20-5-7-23(24(34)15-20)26-17-30-36-27(16-29(39(30)37-26)33(3)11-12-33)31(40)38-13-9-28-22(19(38)2)10-14-43-28/h5-8,10,14-19H,4,9,11-13H2,1-3H3. The fraction of sp³-hybridized carbons (Fsp3) is 0.303. The van der Waals surface area contributed by atoms with Gasteiger partial charge in [0.15, 0.2) is 5.65 Å². The number of pyridine rings is 1. The Labute approximate surface area is 252 Å². The van der Waals surface area contributed by atoms with Crippen LogP contribution in [0, 0.1) is 5.82 Å². The fourth-order valence-corrected chi connectivity index (χ4v) is 6.77. The minimum absolute atomic E-state index is 0.0237. The first-order valence-electron chi connectivity index (χ1n) is 14.5. The van der Waals surface area contributed by atoms with Gasteiger partial charge in [-0.1, -0.05) is 13.0 Å². The molecule has 1 saturated carbocycles. The Morgan fingerprint density at radius 3 is 2.67 bits per heavy atom. The number of hydrogen-bond acceptors (Lipinski definition) is 7. The van der Waals surface area contributed by atoms with Crippen LogP contribution in [-0.2, 0) is 16.6 Å². The van der Waals surface area contributed by atoms with Crippen molar-refractivity contribution in [3.05, 3.63) is 93.3 Å². The van der Waals surface area contributed by atoms with Crippen molar-refractivity contribution in [1.82, 2.24) is 24.5 Å². The lowest BCUT2D eigenvalue weighted by atomic mass is 10.00. The average molecular weight is 596 g/mol. The highest BCUT2D eigenvalue weighted by molar-refractivity contribution is 7.10. The summed E-state index contributed by atoms with van der Waals surface area (Å²) in [6.07, 6.45) is 4.24. The molecule has 1 amide bonds. The molecular weight excluding hydrogens is 565 g/mol. The molecule has 0 bridgehead atoms. The second kappa shape index (κ2) is 10.4. The number of ether oxygens (including phenoxy) is 1. The molecule has 1 fully saturated rings. The molecule has 0 radical (unpaired) electrons. The van der Waals surface area contributed by atoms with E-state index in [0.717, 1.165) is 25.0 Å². The third kappa shape index (κ3) is 4.79. The highest BCUT2D eigenvalue weighted by atomic mass is 32.1. The minimum Gasteiger partial charge on any atom is -0.462 e. The van der Waals surface area contributed by atoms with Gasteiger partial charge in [-0.25, -0.2) is 18.7 Å². The van der Waals surface area contributed by atoms with Crippen LogP contribution in [-0.4, -0.2) is 49.5 Å². The molecule has 1 aromatic carbocycles. The Morgan fingerprint density at radius 2 is 1.95 bits per heavy atom. The summed E-state index contributed by atoms with van der Waals surface area (Å²) in [4.78, 5) is 38.1. The quantitative estimate of drug-likeness (QED) is 0.204.